The molecule has 0 bridgehead atoms. The fourth-order valence-corrected chi connectivity index (χ4v) is 2.71. The lowest BCUT2D eigenvalue weighted by Gasteiger charge is -2.31. The van der Waals surface area contributed by atoms with Gasteiger partial charge in [-0.2, -0.15) is 0 Å². The second kappa shape index (κ2) is 8.08. The molecule has 1 aromatic rings. The van der Waals surface area contributed by atoms with E-state index in [1.54, 1.807) is 12.1 Å². The molecule has 2 rings (SSSR count). The van der Waals surface area contributed by atoms with E-state index in [0.29, 0.717) is 16.8 Å². The van der Waals surface area contributed by atoms with Crippen LogP contribution < -0.4 is 10.1 Å². The maximum Gasteiger partial charge on any atom is 0.260 e. The van der Waals surface area contributed by atoms with Crippen LogP contribution in [0.1, 0.15) is 6.92 Å². The lowest BCUT2D eigenvalue weighted by molar-refractivity contribution is -0.134. The van der Waals surface area contributed by atoms with Crippen molar-refractivity contribution in [1.29, 1.82) is 0 Å². The molecule has 0 aliphatic carbocycles. The molecule has 1 N–H and O–H groups in total. The van der Waals surface area contributed by atoms with Gasteiger partial charge in [-0.15, -0.1) is 12.4 Å². The van der Waals surface area contributed by atoms with Crippen LogP contribution in [0.2, 0.25) is 5.02 Å². The van der Waals surface area contributed by atoms with Crippen molar-refractivity contribution >= 4 is 45.8 Å². The van der Waals surface area contributed by atoms with Crippen LogP contribution in [-0.4, -0.2) is 43.1 Å². The highest BCUT2D eigenvalue weighted by Gasteiger charge is 2.20. The molecular formula is C13H17BrCl2N2O2. The third-order valence-corrected chi connectivity index (χ3v) is 3.76. The van der Waals surface area contributed by atoms with Gasteiger partial charge in [0.05, 0.1) is 5.02 Å². The first-order valence-corrected chi connectivity index (χ1v) is 7.32. The van der Waals surface area contributed by atoms with Crippen LogP contribution in [0.5, 0.6) is 5.75 Å². The molecule has 1 fully saturated rings. The Morgan fingerprint density at radius 1 is 1.60 bits per heavy atom. The minimum atomic E-state index is -0.00710. The molecule has 1 aliphatic rings. The maximum absolute atomic E-state index is 12.0. The van der Waals surface area contributed by atoms with Crippen LogP contribution in [0, 0.1) is 0 Å². The predicted octanol–water partition coefficient (Wildman–Crippen LogP) is 2.72. The van der Waals surface area contributed by atoms with Crippen LogP contribution in [0.25, 0.3) is 0 Å². The van der Waals surface area contributed by atoms with Gasteiger partial charge in [0.1, 0.15) is 5.75 Å². The summed E-state index contributed by atoms with van der Waals surface area (Å²) in [6, 6.07) is 5.65. The Balaban J connectivity index is 0.00000200. The van der Waals surface area contributed by atoms with Gasteiger partial charge in [-0.1, -0.05) is 27.5 Å². The normalized spacial score (nSPS) is 18.4. The highest BCUT2D eigenvalue weighted by molar-refractivity contribution is 9.10. The largest absolute Gasteiger partial charge is 0.482 e. The fourth-order valence-electron chi connectivity index (χ4n) is 1.98. The summed E-state index contributed by atoms with van der Waals surface area (Å²) in [7, 11) is 0. The first-order valence-electron chi connectivity index (χ1n) is 6.15. The van der Waals surface area contributed by atoms with Crippen molar-refractivity contribution < 1.29 is 9.53 Å². The van der Waals surface area contributed by atoms with Crippen molar-refractivity contribution in [2.45, 2.75) is 13.0 Å². The molecule has 20 heavy (non-hydrogen) atoms. The molecule has 112 valence electrons. The van der Waals surface area contributed by atoms with Crippen molar-refractivity contribution in [2.24, 2.45) is 0 Å². The highest BCUT2D eigenvalue weighted by Crippen LogP contribution is 2.27. The van der Waals surface area contributed by atoms with E-state index >= 15 is 0 Å². The zero-order chi connectivity index (χ0) is 13.8. The molecule has 1 heterocycles. The molecule has 1 unspecified atom stereocenters. The average Bonchev–Trinajstić information content (AvgIpc) is 2.37. The zero-order valence-corrected chi connectivity index (χ0v) is 14.2. The molecule has 7 heteroatoms. The number of nitrogens with zero attached hydrogens (tertiary/aromatic N) is 1. The topological polar surface area (TPSA) is 41.6 Å². The van der Waals surface area contributed by atoms with Crippen LogP contribution in [0.3, 0.4) is 0 Å². The van der Waals surface area contributed by atoms with Crippen molar-refractivity contribution in [3.05, 3.63) is 27.7 Å². The number of nitrogens with one attached hydrogen (secondary N) is 1. The summed E-state index contributed by atoms with van der Waals surface area (Å²) in [5, 5.41) is 3.79. The average molecular weight is 384 g/mol. The Labute approximate surface area is 138 Å². The molecule has 0 spiro atoms. The quantitative estimate of drug-likeness (QED) is 0.872. The first kappa shape index (κ1) is 17.6. The van der Waals surface area contributed by atoms with Crippen LogP contribution >= 0.6 is 39.9 Å². The standard InChI is InChI=1S/C13H16BrClN2O2.ClH/c1-9-7-17(5-4-16-9)13(18)8-19-12-3-2-10(14)6-11(12)15;/h2-3,6,9,16H,4-5,7-8H2,1H3;1H. The van der Waals surface area contributed by atoms with Crippen LogP contribution in [-0.2, 0) is 4.79 Å². The van der Waals surface area contributed by atoms with E-state index in [9.17, 15) is 4.79 Å². The third-order valence-electron chi connectivity index (χ3n) is 2.97. The van der Waals surface area contributed by atoms with E-state index in [1.807, 2.05) is 11.0 Å². The van der Waals surface area contributed by atoms with Crippen molar-refractivity contribution in [3.63, 3.8) is 0 Å². The molecule has 1 atom stereocenters. The Morgan fingerprint density at radius 3 is 3.00 bits per heavy atom. The Morgan fingerprint density at radius 2 is 2.35 bits per heavy atom. The molecule has 1 amide bonds. The molecule has 1 saturated heterocycles. The SMILES string of the molecule is CC1CN(C(=O)COc2ccc(Br)cc2Cl)CCN1.Cl. The lowest BCUT2D eigenvalue weighted by Crippen LogP contribution is -2.52. The predicted molar refractivity (Wildman–Crippen MR) is 85.9 cm³/mol. The van der Waals surface area contributed by atoms with Crippen LogP contribution in [0.15, 0.2) is 22.7 Å². The van der Waals surface area contributed by atoms with Gasteiger partial charge in [-0.25, -0.2) is 0 Å². The van der Waals surface area contributed by atoms with Crippen molar-refractivity contribution in [1.82, 2.24) is 10.2 Å². The van der Waals surface area contributed by atoms with Gasteiger partial charge < -0.3 is 15.0 Å². The third kappa shape index (κ3) is 4.81. The number of halogens is 3. The van der Waals surface area contributed by atoms with E-state index in [4.69, 9.17) is 16.3 Å². The van der Waals surface area contributed by atoms with Gasteiger partial charge in [0.15, 0.2) is 6.61 Å². The van der Waals surface area contributed by atoms with Gasteiger partial charge in [0.25, 0.3) is 5.91 Å². The second-order valence-electron chi connectivity index (χ2n) is 4.56. The van der Waals surface area contributed by atoms with Gasteiger partial charge >= 0.3 is 0 Å². The minimum absolute atomic E-state index is 0. The van der Waals surface area contributed by atoms with E-state index < -0.39 is 0 Å². The number of benzene rings is 1. The molecule has 1 aromatic carbocycles. The lowest BCUT2D eigenvalue weighted by atomic mass is 10.2. The summed E-state index contributed by atoms with van der Waals surface area (Å²) in [5.74, 6) is 0.522. The molecule has 0 radical (unpaired) electrons. The monoisotopic (exact) mass is 382 g/mol. The Bertz CT molecular complexity index is 474. The van der Waals surface area contributed by atoms with Gasteiger partial charge in [0, 0.05) is 30.1 Å². The fraction of sp³-hybridized carbons (Fsp3) is 0.462. The first-order chi connectivity index (χ1) is 9.06. The summed E-state index contributed by atoms with van der Waals surface area (Å²) in [4.78, 5) is 13.8. The summed E-state index contributed by atoms with van der Waals surface area (Å²) >= 11 is 9.36. The number of rotatable bonds is 3. The summed E-state index contributed by atoms with van der Waals surface area (Å²) in [6.45, 7) is 4.35. The van der Waals surface area contributed by atoms with Crippen molar-refractivity contribution in [3.8, 4) is 5.75 Å². The van der Waals surface area contributed by atoms with Crippen LogP contribution in [0.4, 0.5) is 0 Å². The van der Waals surface area contributed by atoms with Gasteiger partial charge in [-0.3, -0.25) is 4.79 Å². The molecular weight excluding hydrogens is 367 g/mol. The number of carbonyl (C=O) groups is 1. The van der Waals surface area contributed by atoms with E-state index in [0.717, 1.165) is 24.1 Å². The minimum Gasteiger partial charge on any atom is -0.482 e. The number of hydrogen-bond acceptors (Lipinski definition) is 3. The number of amides is 1. The summed E-state index contributed by atoms with van der Waals surface area (Å²) < 4.78 is 6.36. The van der Waals surface area contributed by atoms with Crippen molar-refractivity contribution in [2.75, 3.05) is 26.2 Å². The maximum atomic E-state index is 12.0. The number of hydrogen-bond donors (Lipinski definition) is 1. The van der Waals surface area contributed by atoms with Gasteiger partial charge in [-0.05, 0) is 25.1 Å². The number of piperazine rings is 1. The molecule has 0 saturated carbocycles. The molecule has 0 aromatic heterocycles. The number of ether oxygens (including phenoxy) is 1. The van der Waals surface area contributed by atoms with E-state index in [2.05, 4.69) is 28.2 Å². The number of carbonyl (C=O) groups excluding carboxylic acids is 1. The Hall–Kier alpha value is -0.490. The van der Waals surface area contributed by atoms with E-state index in [1.165, 1.54) is 0 Å². The highest BCUT2D eigenvalue weighted by atomic mass is 79.9. The molecule has 4 nitrogen and oxygen atoms in total. The van der Waals surface area contributed by atoms with Gasteiger partial charge in [0.2, 0.25) is 0 Å². The van der Waals surface area contributed by atoms with E-state index in [-0.39, 0.29) is 24.9 Å². The smallest absolute Gasteiger partial charge is 0.260 e. The zero-order valence-electron chi connectivity index (χ0n) is 11.1. The Kier molecular flexibility index (Phi) is 7.09. The molecule has 1 aliphatic heterocycles. The summed E-state index contributed by atoms with van der Waals surface area (Å²) in [6.07, 6.45) is 0. The second-order valence-corrected chi connectivity index (χ2v) is 5.88. The summed E-state index contributed by atoms with van der Waals surface area (Å²) in [5.41, 5.74) is 0.